The molecule has 6 heteroatoms. The SMILES string of the molecule is CCOC(=O)c1cc(CO)c(C#N)cc1C(F)F. The fourth-order valence-electron chi connectivity index (χ4n) is 1.46. The Balaban J connectivity index is 3.39. The topological polar surface area (TPSA) is 70.3 Å². The standard InChI is InChI=1S/C12H11F2NO3/c1-2-18-12(17)10-4-8(6-16)7(5-15)3-9(10)11(13)14/h3-4,11,16H,2,6H2,1H3. The van der Waals surface area contributed by atoms with Gasteiger partial charge in [-0.05, 0) is 24.6 Å². The Morgan fingerprint density at radius 2 is 2.22 bits per heavy atom. The second-order valence-corrected chi connectivity index (χ2v) is 3.39. The smallest absolute Gasteiger partial charge is 0.338 e. The molecule has 0 heterocycles. The molecule has 96 valence electrons. The number of esters is 1. The van der Waals surface area contributed by atoms with Crippen molar-refractivity contribution in [3.63, 3.8) is 0 Å². The Kier molecular flexibility index (Phi) is 4.75. The Bertz CT molecular complexity index is 495. The van der Waals surface area contributed by atoms with Crippen LogP contribution >= 0.6 is 0 Å². The summed E-state index contributed by atoms with van der Waals surface area (Å²) >= 11 is 0. The van der Waals surface area contributed by atoms with Crippen molar-refractivity contribution in [1.82, 2.24) is 0 Å². The van der Waals surface area contributed by atoms with Gasteiger partial charge in [-0.3, -0.25) is 0 Å². The molecule has 0 bridgehead atoms. The highest BCUT2D eigenvalue weighted by Gasteiger charge is 2.22. The molecule has 1 rings (SSSR count). The number of carbonyl (C=O) groups excluding carboxylic acids is 1. The number of halogens is 2. The Morgan fingerprint density at radius 1 is 1.56 bits per heavy atom. The third-order valence-corrected chi connectivity index (χ3v) is 2.30. The fourth-order valence-corrected chi connectivity index (χ4v) is 1.46. The minimum atomic E-state index is -2.90. The summed E-state index contributed by atoms with van der Waals surface area (Å²) in [6, 6.07) is 3.67. The number of hydrogen-bond acceptors (Lipinski definition) is 4. The van der Waals surface area contributed by atoms with E-state index in [9.17, 15) is 13.6 Å². The van der Waals surface area contributed by atoms with Crippen molar-refractivity contribution in [3.8, 4) is 6.07 Å². The van der Waals surface area contributed by atoms with E-state index in [1.165, 1.54) is 0 Å². The van der Waals surface area contributed by atoms with Crippen LogP contribution in [0, 0.1) is 11.3 Å². The Labute approximate surface area is 102 Å². The molecule has 0 amide bonds. The number of ether oxygens (including phenoxy) is 1. The lowest BCUT2D eigenvalue weighted by Crippen LogP contribution is -2.10. The van der Waals surface area contributed by atoms with Gasteiger partial charge in [-0.25, -0.2) is 13.6 Å². The predicted octanol–water partition coefficient (Wildman–Crippen LogP) is 2.16. The number of rotatable bonds is 4. The zero-order valence-electron chi connectivity index (χ0n) is 9.61. The van der Waals surface area contributed by atoms with Crippen molar-refractivity contribution in [2.24, 2.45) is 0 Å². The summed E-state index contributed by atoms with van der Waals surface area (Å²) in [4.78, 5) is 11.5. The number of carbonyl (C=O) groups is 1. The molecular formula is C12H11F2NO3. The highest BCUT2D eigenvalue weighted by Crippen LogP contribution is 2.27. The number of aliphatic hydroxyl groups excluding tert-OH is 1. The lowest BCUT2D eigenvalue weighted by Gasteiger charge is -2.11. The molecule has 0 saturated carbocycles. The highest BCUT2D eigenvalue weighted by molar-refractivity contribution is 5.91. The lowest BCUT2D eigenvalue weighted by atomic mass is 9.99. The molecule has 1 N–H and O–H groups in total. The first-order valence-electron chi connectivity index (χ1n) is 5.18. The minimum Gasteiger partial charge on any atom is -0.462 e. The molecule has 0 saturated heterocycles. The van der Waals surface area contributed by atoms with Crippen LogP contribution in [0.25, 0.3) is 0 Å². The van der Waals surface area contributed by atoms with Crippen LogP contribution in [0.4, 0.5) is 8.78 Å². The van der Waals surface area contributed by atoms with Gasteiger partial charge >= 0.3 is 5.97 Å². The van der Waals surface area contributed by atoms with E-state index in [1.807, 2.05) is 0 Å². The summed E-state index contributed by atoms with van der Waals surface area (Å²) in [6.45, 7) is 1.09. The average molecular weight is 255 g/mol. The maximum Gasteiger partial charge on any atom is 0.338 e. The van der Waals surface area contributed by atoms with Gasteiger partial charge in [-0.1, -0.05) is 0 Å². The van der Waals surface area contributed by atoms with Gasteiger partial charge in [0.25, 0.3) is 6.43 Å². The summed E-state index contributed by atoms with van der Waals surface area (Å²) in [7, 11) is 0. The first-order chi connectivity index (χ1) is 8.54. The Hall–Kier alpha value is -2.00. The maximum absolute atomic E-state index is 12.8. The second-order valence-electron chi connectivity index (χ2n) is 3.39. The van der Waals surface area contributed by atoms with Crippen LogP contribution in [-0.4, -0.2) is 17.7 Å². The van der Waals surface area contributed by atoms with E-state index in [-0.39, 0.29) is 23.3 Å². The normalized spacial score (nSPS) is 10.2. The zero-order valence-corrected chi connectivity index (χ0v) is 9.61. The molecule has 0 spiro atoms. The molecule has 18 heavy (non-hydrogen) atoms. The van der Waals surface area contributed by atoms with E-state index in [0.29, 0.717) is 0 Å². The summed E-state index contributed by atoms with van der Waals surface area (Å²) in [5, 5.41) is 17.8. The molecule has 1 aromatic carbocycles. The first-order valence-corrected chi connectivity index (χ1v) is 5.18. The predicted molar refractivity (Wildman–Crippen MR) is 58.0 cm³/mol. The third-order valence-electron chi connectivity index (χ3n) is 2.30. The van der Waals surface area contributed by atoms with Crippen LogP contribution in [0.1, 0.15) is 40.4 Å². The van der Waals surface area contributed by atoms with E-state index >= 15 is 0 Å². The van der Waals surface area contributed by atoms with Gasteiger partial charge < -0.3 is 9.84 Å². The third kappa shape index (κ3) is 2.81. The summed E-state index contributed by atoms with van der Waals surface area (Å²) in [6.07, 6.45) is -2.90. The van der Waals surface area contributed by atoms with Gasteiger partial charge in [0.15, 0.2) is 0 Å². The maximum atomic E-state index is 12.8. The van der Waals surface area contributed by atoms with Crippen LogP contribution in [0.15, 0.2) is 12.1 Å². The van der Waals surface area contributed by atoms with Crippen LogP contribution in [0.5, 0.6) is 0 Å². The van der Waals surface area contributed by atoms with Crippen molar-refractivity contribution in [1.29, 1.82) is 5.26 Å². The largest absolute Gasteiger partial charge is 0.462 e. The highest BCUT2D eigenvalue weighted by atomic mass is 19.3. The fraction of sp³-hybridized carbons (Fsp3) is 0.333. The van der Waals surface area contributed by atoms with E-state index < -0.39 is 24.6 Å². The number of nitriles is 1. The number of aliphatic hydroxyl groups is 1. The van der Waals surface area contributed by atoms with Crippen molar-refractivity contribution < 1.29 is 23.4 Å². The number of alkyl halides is 2. The molecular weight excluding hydrogens is 244 g/mol. The lowest BCUT2D eigenvalue weighted by molar-refractivity contribution is 0.0515. The van der Waals surface area contributed by atoms with Gasteiger partial charge in [-0.15, -0.1) is 0 Å². The van der Waals surface area contributed by atoms with Crippen molar-refractivity contribution in [3.05, 3.63) is 34.4 Å². The second kappa shape index (κ2) is 6.07. The van der Waals surface area contributed by atoms with Crippen LogP contribution in [-0.2, 0) is 11.3 Å². The molecule has 0 atom stereocenters. The van der Waals surface area contributed by atoms with Gasteiger partial charge in [0.2, 0.25) is 0 Å². The molecule has 0 unspecified atom stereocenters. The zero-order chi connectivity index (χ0) is 13.7. The average Bonchev–Trinajstić information content (AvgIpc) is 2.37. The van der Waals surface area contributed by atoms with Crippen molar-refractivity contribution >= 4 is 5.97 Å². The van der Waals surface area contributed by atoms with Gasteiger partial charge in [0, 0.05) is 5.56 Å². The monoisotopic (exact) mass is 255 g/mol. The van der Waals surface area contributed by atoms with E-state index in [0.717, 1.165) is 12.1 Å². The Morgan fingerprint density at radius 3 is 2.67 bits per heavy atom. The summed E-state index contributed by atoms with van der Waals surface area (Å²) in [5.74, 6) is -0.896. The van der Waals surface area contributed by atoms with Crippen molar-refractivity contribution in [2.75, 3.05) is 6.61 Å². The van der Waals surface area contributed by atoms with Crippen LogP contribution in [0.3, 0.4) is 0 Å². The molecule has 0 aliphatic carbocycles. The quantitative estimate of drug-likeness (QED) is 0.837. The van der Waals surface area contributed by atoms with Crippen LogP contribution in [0.2, 0.25) is 0 Å². The van der Waals surface area contributed by atoms with Crippen LogP contribution < -0.4 is 0 Å². The number of benzene rings is 1. The first kappa shape index (κ1) is 14.1. The molecule has 0 aliphatic heterocycles. The molecule has 0 aromatic heterocycles. The molecule has 4 nitrogen and oxygen atoms in total. The molecule has 0 fully saturated rings. The van der Waals surface area contributed by atoms with Crippen molar-refractivity contribution in [2.45, 2.75) is 20.0 Å². The van der Waals surface area contributed by atoms with Gasteiger partial charge in [0.05, 0.1) is 30.4 Å². The number of hydrogen-bond donors (Lipinski definition) is 1. The summed E-state index contributed by atoms with van der Waals surface area (Å²) in [5.41, 5.74) is -0.858. The van der Waals surface area contributed by atoms with E-state index in [2.05, 4.69) is 4.74 Å². The molecule has 1 aromatic rings. The minimum absolute atomic E-state index is 0.0516. The summed E-state index contributed by atoms with van der Waals surface area (Å²) < 4.78 is 30.3. The molecule has 0 aliphatic rings. The van der Waals surface area contributed by atoms with E-state index in [4.69, 9.17) is 10.4 Å². The molecule has 0 radical (unpaired) electrons. The van der Waals surface area contributed by atoms with Gasteiger partial charge in [-0.2, -0.15) is 5.26 Å². The number of nitrogens with zero attached hydrogens (tertiary/aromatic N) is 1. The van der Waals surface area contributed by atoms with Gasteiger partial charge in [0.1, 0.15) is 0 Å². The van der Waals surface area contributed by atoms with E-state index in [1.54, 1.807) is 13.0 Å².